The number of ether oxygens (including phenoxy) is 1. The van der Waals surface area contributed by atoms with Gasteiger partial charge in [-0.25, -0.2) is 0 Å². The Hall–Kier alpha value is -2.44. The zero-order valence-corrected chi connectivity index (χ0v) is 35.3. The summed E-state index contributed by atoms with van der Waals surface area (Å²) in [6, 6.07) is -0.713. The highest BCUT2D eigenvalue weighted by Crippen LogP contribution is 2.17. The van der Waals surface area contributed by atoms with Crippen molar-refractivity contribution in [1.82, 2.24) is 5.32 Å². The first-order valence-electron chi connectivity index (χ1n) is 22.6. The Morgan fingerprint density at radius 3 is 1.44 bits per heavy atom. The molecule has 0 aliphatic carbocycles. The summed E-state index contributed by atoms with van der Waals surface area (Å²) in [5.41, 5.74) is 0. The van der Waals surface area contributed by atoms with E-state index in [2.05, 4.69) is 32.2 Å². The van der Waals surface area contributed by atoms with E-state index in [0.29, 0.717) is 25.7 Å². The predicted octanol–water partition coefficient (Wildman–Crippen LogP) is 12.9. The average Bonchev–Trinajstić information content (AvgIpc) is 3.16. The van der Waals surface area contributed by atoms with E-state index >= 15 is 0 Å². The van der Waals surface area contributed by atoms with E-state index in [9.17, 15) is 19.8 Å². The van der Waals surface area contributed by atoms with Crippen molar-refractivity contribution in [3.8, 4) is 0 Å². The van der Waals surface area contributed by atoms with Gasteiger partial charge < -0.3 is 20.3 Å². The maximum absolute atomic E-state index is 13.1. The fourth-order valence-electron chi connectivity index (χ4n) is 6.58. The van der Waals surface area contributed by atoms with Crippen molar-refractivity contribution in [3.05, 3.63) is 60.8 Å². The summed E-state index contributed by atoms with van der Waals surface area (Å²) in [6.45, 7) is 6.29. The first-order chi connectivity index (χ1) is 26.5. The molecule has 0 rings (SSSR count). The van der Waals surface area contributed by atoms with Crippen LogP contribution >= 0.6 is 0 Å². The van der Waals surface area contributed by atoms with E-state index in [1.807, 2.05) is 54.7 Å². The van der Waals surface area contributed by atoms with Gasteiger partial charge in [0, 0.05) is 6.42 Å². The number of unbranched alkanes of at least 4 members (excludes halogenated alkanes) is 21. The second-order valence-corrected chi connectivity index (χ2v) is 15.2. The van der Waals surface area contributed by atoms with Crippen molar-refractivity contribution < 1.29 is 24.5 Å². The lowest BCUT2D eigenvalue weighted by Crippen LogP contribution is -2.46. The molecule has 0 saturated carbocycles. The van der Waals surface area contributed by atoms with Gasteiger partial charge in [0.15, 0.2) is 0 Å². The number of aliphatic hydroxyl groups excluding tert-OH is 2. The molecule has 54 heavy (non-hydrogen) atoms. The van der Waals surface area contributed by atoms with Crippen LogP contribution in [0.4, 0.5) is 0 Å². The highest BCUT2D eigenvalue weighted by atomic mass is 16.5. The van der Waals surface area contributed by atoms with E-state index < -0.39 is 18.2 Å². The van der Waals surface area contributed by atoms with Gasteiger partial charge in [0.2, 0.25) is 5.91 Å². The first-order valence-corrected chi connectivity index (χ1v) is 22.6. The molecule has 0 aliphatic rings. The quantitative estimate of drug-likeness (QED) is 0.0330. The lowest BCUT2D eigenvalue weighted by atomic mass is 10.0. The number of nitrogens with one attached hydrogen (secondary N) is 1. The molecule has 0 aliphatic heterocycles. The Kier molecular flexibility index (Phi) is 39.8. The highest BCUT2D eigenvalue weighted by molar-refractivity contribution is 5.77. The van der Waals surface area contributed by atoms with Crippen LogP contribution in [0.5, 0.6) is 0 Å². The van der Waals surface area contributed by atoms with Crippen molar-refractivity contribution in [2.75, 3.05) is 6.61 Å². The third kappa shape index (κ3) is 36.5. The van der Waals surface area contributed by atoms with Crippen LogP contribution in [-0.2, 0) is 14.3 Å². The minimum atomic E-state index is -0.797. The zero-order valence-electron chi connectivity index (χ0n) is 35.3. The van der Waals surface area contributed by atoms with Gasteiger partial charge in [-0.3, -0.25) is 9.59 Å². The number of allylic oxidation sites excluding steroid dienone is 10. The third-order valence-corrected chi connectivity index (χ3v) is 9.99. The molecule has 0 radical (unpaired) electrons. The third-order valence-electron chi connectivity index (χ3n) is 9.99. The van der Waals surface area contributed by atoms with E-state index in [1.54, 1.807) is 0 Å². The van der Waals surface area contributed by atoms with Gasteiger partial charge in [0.05, 0.1) is 25.2 Å². The standard InChI is InChI=1S/C48H85NO5/c1-4-7-10-13-16-19-21-23-25-28-31-34-37-40-46(51)45(43-50)49-47(52)42-44(39-36-33-30-27-18-15-12-9-6-3)54-48(53)41-38-35-32-29-26-24-22-20-17-14-11-8-5-2/h8,11,14,17,20,22,24,26,29,32,44-46,50-51H,4-7,9-10,12-13,15-16,18-19,21,23,25,27-28,30-31,33-43H2,1-3H3,(H,49,52)/b11-8+,17-14+,22-20-,26-24-,32-29+. The van der Waals surface area contributed by atoms with Crippen LogP contribution < -0.4 is 5.32 Å². The molecule has 0 aromatic heterocycles. The molecule has 0 fully saturated rings. The molecule has 0 spiro atoms. The van der Waals surface area contributed by atoms with Crippen LogP contribution in [0, 0.1) is 0 Å². The second kappa shape index (κ2) is 41.7. The van der Waals surface area contributed by atoms with Crippen LogP contribution in [0.1, 0.15) is 207 Å². The smallest absolute Gasteiger partial charge is 0.306 e. The van der Waals surface area contributed by atoms with Gasteiger partial charge >= 0.3 is 5.97 Å². The Morgan fingerprint density at radius 1 is 0.556 bits per heavy atom. The first kappa shape index (κ1) is 51.6. The van der Waals surface area contributed by atoms with E-state index in [0.717, 1.165) is 51.4 Å². The molecule has 3 N–H and O–H groups in total. The van der Waals surface area contributed by atoms with E-state index in [4.69, 9.17) is 4.74 Å². The molecule has 0 bridgehead atoms. The molecule has 312 valence electrons. The molecule has 1 amide bonds. The SMILES string of the molecule is CC/C=C/C=C/C=C\C=C/C=C/CCCC(=O)OC(CCCCCCCCCCC)CC(=O)NC(CO)C(O)CCCCCCCCCCCCCCC. The molecule has 6 heteroatoms. The average molecular weight is 756 g/mol. The van der Waals surface area contributed by atoms with Crippen LogP contribution in [0.2, 0.25) is 0 Å². The number of hydrogen-bond acceptors (Lipinski definition) is 5. The minimum absolute atomic E-state index is 0.0486. The number of hydrogen-bond donors (Lipinski definition) is 3. The summed E-state index contributed by atoms with van der Waals surface area (Å²) in [5.74, 6) is -0.565. The normalized spacial score (nSPS) is 13.9. The van der Waals surface area contributed by atoms with Gasteiger partial charge in [0.25, 0.3) is 0 Å². The maximum atomic E-state index is 13.1. The maximum Gasteiger partial charge on any atom is 0.306 e. The lowest BCUT2D eigenvalue weighted by Gasteiger charge is -2.24. The van der Waals surface area contributed by atoms with Gasteiger partial charge in [0.1, 0.15) is 6.10 Å². The number of aliphatic hydroxyl groups is 2. The van der Waals surface area contributed by atoms with Crippen LogP contribution in [0.15, 0.2) is 60.8 Å². The Morgan fingerprint density at radius 2 is 0.981 bits per heavy atom. The van der Waals surface area contributed by atoms with Crippen molar-refractivity contribution in [3.63, 3.8) is 0 Å². The van der Waals surface area contributed by atoms with Gasteiger partial charge in [-0.2, -0.15) is 0 Å². The van der Waals surface area contributed by atoms with Crippen molar-refractivity contribution in [1.29, 1.82) is 0 Å². The van der Waals surface area contributed by atoms with Gasteiger partial charge in [-0.1, -0.05) is 216 Å². The molecule has 0 heterocycles. The molecule has 3 atom stereocenters. The Balaban J connectivity index is 4.63. The van der Waals surface area contributed by atoms with Crippen molar-refractivity contribution >= 4 is 11.9 Å². The van der Waals surface area contributed by atoms with E-state index in [-0.39, 0.29) is 24.9 Å². The minimum Gasteiger partial charge on any atom is -0.462 e. The summed E-state index contributed by atoms with van der Waals surface area (Å²) >= 11 is 0. The summed E-state index contributed by atoms with van der Waals surface area (Å²) in [5, 5.41) is 23.6. The predicted molar refractivity (Wildman–Crippen MR) is 232 cm³/mol. The molecule has 0 aromatic rings. The Labute approximate surface area is 333 Å². The fraction of sp³-hybridized carbons (Fsp3) is 0.750. The topological polar surface area (TPSA) is 95.9 Å². The molecule has 3 unspecified atom stereocenters. The van der Waals surface area contributed by atoms with Gasteiger partial charge in [-0.05, 0) is 38.5 Å². The van der Waals surface area contributed by atoms with Crippen LogP contribution in [0.25, 0.3) is 0 Å². The number of amides is 1. The molecule has 6 nitrogen and oxygen atoms in total. The van der Waals surface area contributed by atoms with Crippen LogP contribution in [0.3, 0.4) is 0 Å². The molecule has 0 aromatic carbocycles. The number of esters is 1. The summed E-state index contributed by atoms with van der Waals surface area (Å²) in [6.07, 6.45) is 50.0. The van der Waals surface area contributed by atoms with Crippen LogP contribution in [-0.4, -0.2) is 46.9 Å². The monoisotopic (exact) mass is 756 g/mol. The summed E-state index contributed by atoms with van der Waals surface area (Å²) in [7, 11) is 0. The number of carbonyl (C=O) groups is 2. The summed E-state index contributed by atoms with van der Waals surface area (Å²) < 4.78 is 5.85. The highest BCUT2D eigenvalue weighted by Gasteiger charge is 2.24. The number of rotatable bonds is 39. The van der Waals surface area contributed by atoms with Crippen molar-refractivity contribution in [2.45, 2.75) is 225 Å². The summed E-state index contributed by atoms with van der Waals surface area (Å²) in [4.78, 5) is 25.9. The Bertz CT molecular complexity index is 984. The lowest BCUT2D eigenvalue weighted by molar-refractivity contribution is -0.151. The fourth-order valence-corrected chi connectivity index (χ4v) is 6.58. The van der Waals surface area contributed by atoms with Crippen molar-refractivity contribution in [2.24, 2.45) is 0 Å². The number of carbonyl (C=O) groups excluding carboxylic acids is 2. The molecular weight excluding hydrogens is 671 g/mol. The molecule has 0 saturated heterocycles. The largest absolute Gasteiger partial charge is 0.462 e. The van der Waals surface area contributed by atoms with E-state index in [1.165, 1.54) is 103 Å². The second-order valence-electron chi connectivity index (χ2n) is 15.2. The molecular formula is C48H85NO5. The van der Waals surface area contributed by atoms with Gasteiger partial charge in [-0.15, -0.1) is 0 Å². The zero-order chi connectivity index (χ0) is 39.6.